The molecule has 0 saturated heterocycles. The van der Waals surface area contributed by atoms with E-state index in [1.165, 1.54) is 11.8 Å². The second kappa shape index (κ2) is 5.91. The first kappa shape index (κ1) is 13.7. The van der Waals surface area contributed by atoms with E-state index in [2.05, 4.69) is 16.4 Å². The van der Waals surface area contributed by atoms with Gasteiger partial charge in [0.2, 0.25) is 0 Å². The highest BCUT2D eigenvalue weighted by atomic mass is 32.2. The third kappa shape index (κ3) is 3.16. The quantitative estimate of drug-likeness (QED) is 0.927. The molecule has 0 radical (unpaired) electrons. The van der Waals surface area contributed by atoms with E-state index < -0.39 is 0 Å². The lowest BCUT2D eigenvalue weighted by molar-refractivity contribution is 0.431. The van der Waals surface area contributed by atoms with Crippen LogP contribution in [-0.4, -0.2) is 12.0 Å². The molecule has 0 saturated carbocycles. The molecule has 0 aliphatic rings. The molecule has 0 amide bonds. The van der Waals surface area contributed by atoms with Crippen molar-refractivity contribution in [2.24, 2.45) is 0 Å². The fraction of sp³-hybridized carbons (Fsp3) is 0.286. The monoisotopic (exact) mass is 273 g/mol. The summed E-state index contributed by atoms with van der Waals surface area (Å²) in [5, 5.41) is 12.9. The Hall–Kier alpha value is -1.77. The Morgan fingerprint density at radius 2 is 2.21 bits per heavy atom. The summed E-state index contributed by atoms with van der Waals surface area (Å²) in [4.78, 5) is 5.18. The maximum absolute atomic E-state index is 9.21. The van der Waals surface area contributed by atoms with E-state index in [-0.39, 0.29) is 0 Å². The lowest BCUT2D eigenvalue weighted by Crippen LogP contribution is -2.05. The third-order valence-electron chi connectivity index (χ3n) is 2.75. The van der Waals surface area contributed by atoms with Gasteiger partial charge in [-0.3, -0.25) is 0 Å². The van der Waals surface area contributed by atoms with Gasteiger partial charge in [-0.2, -0.15) is 5.26 Å². The number of nitriles is 1. The fourth-order valence-electron chi connectivity index (χ4n) is 1.65. The molecule has 0 unspecified atom stereocenters. The van der Waals surface area contributed by atoms with Gasteiger partial charge in [0, 0.05) is 11.4 Å². The summed E-state index contributed by atoms with van der Waals surface area (Å²) in [7, 11) is 1.88. The first-order chi connectivity index (χ1) is 9.13. The minimum atomic E-state index is 0.577. The maximum atomic E-state index is 9.21. The molecule has 2 rings (SSSR count). The fourth-order valence-corrected chi connectivity index (χ4v) is 2.54. The van der Waals surface area contributed by atoms with Crippen molar-refractivity contribution in [3.8, 4) is 6.07 Å². The number of nitrogens with one attached hydrogen (secondary N) is 1. The number of oxazole rings is 1. The summed E-state index contributed by atoms with van der Waals surface area (Å²) in [6, 6.07) is 8.05. The Morgan fingerprint density at radius 3 is 2.79 bits per heavy atom. The van der Waals surface area contributed by atoms with E-state index in [4.69, 9.17) is 4.42 Å². The van der Waals surface area contributed by atoms with Gasteiger partial charge in [0.15, 0.2) is 0 Å². The molecule has 1 N–H and O–H groups in total. The van der Waals surface area contributed by atoms with Gasteiger partial charge in [-0.05, 0) is 50.4 Å². The zero-order valence-electron chi connectivity index (χ0n) is 11.2. The molecule has 98 valence electrons. The first-order valence-electron chi connectivity index (χ1n) is 5.93. The molecular weight excluding hydrogens is 258 g/mol. The van der Waals surface area contributed by atoms with Crippen LogP contribution < -0.4 is 5.32 Å². The van der Waals surface area contributed by atoms with E-state index in [9.17, 15) is 5.26 Å². The number of rotatable bonds is 4. The Labute approximate surface area is 116 Å². The molecule has 0 atom stereocenters. The molecule has 19 heavy (non-hydrogen) atoms. The van der Waals surface area contributed by atoms with Crippen LogP contribution in [0.3, 0.4) is 0 Å². The largest absolute Gasteiger partial charge is 0.436 e. The highest BCUT2D eigenvalue weighted by molar-refractivity contribution is 7.99. The number of hydrogen-bond acceptors (Lipinski definition) is 5. The molecule has 0 bridgehead atoms. The second-order valence-corrected chi connectivity index (χ2v) is 5.19. The number of aromatic nitrogens is 1. The van der Waals surface area contributed by atoms with Crippen LogP contribution in [0.4, 0.5) is 0 Å². The second-order valence-electron chi connectivity index (χ2n) is 4.20. The molecule has 0 fully saturated rings. The molecule has 5 heteroatoms. The van der Waals surface area contributed by atoms with E-state index in [0.717, 1.165) is 28.5 Å². The van der Waals surface area contributed by atoms with Gasteiger partial charge in [-0.15, -0.1) is 0 Å². The molecular formula is C14H15N3OS. The lowest BCUT2D eigenvalue weighted by atomic mass is 10.1. The van der Waals surface area contributed by atoms with E-state index in [1.54, 1.807) is 0 Å². The van der Waals surface area contributed by atoms with Crippen molar-refractivity contribution in [3.05, 3.63) is 40.8 Å². The molecule has 4 nitrogen and oxygen atoms in total. The third-order valence-corrected chi connectivity index (χ3v) is 3.68. The Kier molecular flexibility index (Phi) is 4.25. The van der Waals surface area contributed by atoms with E-state index in [0.29, 0.717) is 10.8 Å². The summed E-state index contributed by atoms with van der Waals surface area (Å²) in [5.74, 6) is 0.813. The standard InChI is InChI=1S/C14H15N3OS/c1-9-10(2)18-14(17-9)19-13-5-4-11(8-16-3)6-12(13)7-15/h4-6,16H,8H2,1-3H3. The minimum absolute atomic E-state index is 0.577. The summed E-state index contributed by atoms with van der Waals surface area (Å²) in [6.07, 6.45) is 0. The Balaban J connectivity index is 2.27. The Bertz CT molecular complexity index is 609. The van der Waals surface area contributed by atoms with Gasteiger partial charge in [-0.1, -0.05) is 6.07 Å². The van der Waals surface area contributed by atoms with Gasteiger partial charge < -0.3 is 9.73 Å². The van der Waals surface area contributed by atoms with Crippen molar-refractivity contribution in [1.82, 2.24) is 10.3 Å². The van der Waals surface area contributed by atoms with Crippen molar-refractivity contribution in [1.29, 1.82) is 5.26 Å². The molecule has 0 aliphatic carbocycles. The van der Waals surface area contributed by atoms with Crippen molar-refractivity contribution in [3.63, 3.8) is 0 Å². The lowest BCUT2D eigenvalue weighted by Gasteiger charge is -2.04. The molecule has 1 heterocycles. The van der Waals surface area contributed by atoms with Crippen LogP contribution >= 0.6 is 11.8 Å². The molecule has 1 aromatic heterocycles. The molecule has 2 aromatic rings. The number of nitrogens with zero attached hydrogens (tertiary/aromatic N) is 2. The van der Waals surface area contributed by atoms with Crippen molar-refractivity contribution in [2.45, 2.75) is 30.5 Å². The van der Waals surface area contributed by atoms with Gasteiger partial charge in [0.05, 0.1) is 11.3 Å². The smallest absolute Gasteiger partial charge is 0.261 e. The number of aryl methyl sites for hydroxylation is 2. The predicted octanol–water partition coefficient (Wildman–Crippen LogP) is 3.03. The summed E-state index contributed by atoms with van der Waals surface area (Å²) in [5.41, 5.74) is 2.61. The van der Waals surface area contributed by atoms with E-state index >= 15 is 0 Å². The number of hydrogen-bond donors (Lipinski definition) is 1. The SMILES string of the molecule is CNCc1ccc(Sc2nc(C)c(C)o2)c(C#N)c1. The van der Waals surface area contributed by atoms with Gasteiger partial charge >= 0.3 is 0 Å². The predicted molar refractivity (Wildman–Crippen MR) is 74.0 cm³/mol. The Morgan fingerprint density at radius 1 is 1.42 bits per heavy atom. The highest BCUT2D eigenvalue weighted by Crippen LogP contribution is 2.31. The van der Waals surface area contributed by atoms with Crippen LogP contribution in [0.5, 0.6) is 0 Å². The zero-order chi connectivity index (χ0) is 13.8. The average Bonchev–Trinajstić information content (AvgIpc) is 2.70. The topological polar surface area (TPSA) is 61.9 Å². The van der Waals surface area contributed by atoms with Crippen LogP contribution in [0.25, 0.3) is 0 Å². The van der Waals surface area contributed by atoms with Crippen LogP contribution in [0.2, 0.25) is 0 Å². The van der Waals surface area contributed by atoms with Crippen LogP contribution in [-0.2, 0) is 6.54 Å². The van der Waals surface area contributed by atoms with Crippen molar-refractivity contribution >= 4 is 11.8 Å². The van der Waals surface area contributed by atoms with Crippen LogP contribution in [0.1, 0.15) is 22.6 Å². The molecule has 1 aromatic carbocycles. The highest BCUT2D eigenvalue weighted by Gasteiger charge is 2.11. The first-order valence-corrected chi connectivity index (χ1v) is 6.75. The van der Waals surface area contributed by atoms with Gasteiger partial charge in [-0.25, -0.2) is 4.98 Å². The van der Waals surface area contributed by atoms with Crippen LogP contribution in [0.15, 0.2) is 32.7 Å². The molecule has 0 aliphatic heterocycles. The van der Waals surface area contributed by atoms with E-state index in [1.807, 2.05) is 39.1 Å². The van der Waals surface area contributed by atoms with Crippen molar-refractivity contribution in [2.75, 3.05) is 7.05 Å². The average molecular weight is 273 g/mol. The summed E-state index contributed by atoms with van der Waals surface area (Å²) >= 11 is 1.38. The molecule has 0 spiro atoms. The number of benzene rings is 1. The maximum Gasteiger partial charge on any atom is 0.261 e. The summed E-state index contributed by atoms with van der Waals surface area (Å²) < 4.78 is 5.53. The zero-order valence-corrected chi connectivity index (χ0v) is 12.0. The van der Waals surface area contributed by atoms with Crippen molar-refractivity contribution < 1.29 is 4.42 Å². The summed E-state index contributed by atoms with van der Waals surface area (Å²) in [6.45, 7) is 4.54. The van der Waals surface area contributed by atoms with Gasteiger partial charge in [0.25, 0.3) is 5.22 Å². The normalized spacial score (nSPS) is 10.4. The van der Waals surface area contributed by atoms with Gasteiger partial charge in [0.1, 0.15) is 11.8 Å². The van der Waals surface area contributed by atoms with Crippen LogP contribution in [0, 0.1) is 25.2 Å². The minimum Gasteiger partial charge on any atom is -0.436 e.